The van der Waals surface area contributed by atoms with Gasteiger partial charge in [-0.3, -0.25) is 4.21 Å². The van der Waals surface area contributed by atoms with Crippen molar-refractivity contribution in [2.75, 3.05) is 26.5 Å². The Hall–Kier alpha value is -1.07. The van der Waals surface area contributed by atoms with E-state index in [4.69, 9.17) is 9.47 Å². The van der Waals surface area contributed by atoms with Gasteiger partial charge in [0.05, 0.1) is 13.7 Å². The Morgan fingerprint density at radius 1 is 1.42 bits per heavy atom. The molecule has 0 saturated heterocycles. The van der Waals surface area contributed by atoms with Crippen LogP contribution in [0.5, 0.6) is 11.5 Å². The lowest BCUT2D eigenvalue weighted by molar-refractivity contribution is 0.308. The molecule has 1 aromatic carbocycles. The highest BCUT2D eigenvalue weighted by Gasteiger charge is 2.10. The number of methoxy groups -OCH3 is 1. The quantitative estimate of drug-likeness (QED) is 0.793. The first-order valence-corrected chi connectivity index (χ1v) is 8.03. The Morgan fingerprint density at radius 3 is 2.74 bits per heavy atom. The smallest absolute Gasteiger partial charge is 0.165 e. The fraction of sp³-hybridized carbons (Fsp3) is 0.571. The molecule has 0 spiro atoms. The highest BCUT2D eigenvalue weighted by Crippen LogP contribution is 2.30. The maximum absolute atomic E-state index is 11.3. The van der Waals surface area contributed by atoms with Gasteiger partial charge in [0, 0.05) is 41.0 Å². The summed E-state index contributed by atoms with van der Waals surface area (Å²) < 4.78 is 22.2. The molecule has 0 aliphatic heterocycles. The molecule has 0 heterocycles. The van der Waals surface area contributed by atoms with E-state index < -0.39 is 10.8 Å². The third-order valence-electron chi connectivity index (χ3n) is 2.88. The third kappa shape index (κ3) is 4.84. The lowest BCUT2D eigenvalue weighted by atomic mass is 10.2. The van der Waals surface area contributed by atoms with Crippen LogP contribution < -0.4 is 14.8 Å². The minimum atomic E-state index is -0.801. The average molecular weight is 285 g/mol. The summed E-state index contributed by atoms with van der Waals surface area (Å²) in [5, 5.41) is 3.44. The first-order valence-electron chi connectivity index (χ1n) is 6.41. The molecule has 1 rings (SSSR count). The third-order valence-corrected chi connectivity index (χ3v) is 4.18. The number of ether oxygens (including phenoxy) is 2. The van der Waals surface area contributed by atoms with Crippen molar-refractivity contribution in [2.45, 2.75) is 25.6 Å². The Morgan fingerprint density at radius 2 is 2.16 bits per heavy atom. The predicted molar refractivity (Wildman–Crippen MR) is 79.4 cm³/mol. The summed E-state index contributed by atoms with van der Waals surface area (Å²) in [6, 6.07) is 5.85. The van der Waals surface area contributed by atoms with Crippen molar-refractivity contribution in [3.05, 3.63) is 23.8 Å². The van der Waals surface area contributed by atoms with Gasteiger partial charge in [0.1, 0.15) is 0 Å². The van der Waals surface area contributed by atoms with E-state index in [-0.39, 0.29) is 5.25 Å². The molecule has 2 unspecified atom stereocenters. The predicted octanol–water partition coefficient (Wildman–Crippen LogP) is 1.95. The number of hydrogen-bond donors (Lipinski definition) is 1. The minimum Gasteiger partial charge on any atom is -0.493 e. The molecule has 19 heavy (non-hydrogen) atoms. The van der Waals surface area contributed by atoms with Crippen LogP contribution in [-0.2, 0) is 17.3 Å². The molecule has 0 aromatic heterocycles. The summed E-state index contributed by atoms with van der Waals surface area (Å²) >= 11 is 0. The van der Waals surface area contributed by atoms with Gasteiger partial charge in [-0.25, -0.2) is 0 Å². The zero-order valence-corrected chi connectivity index (χ0v) is 12.9. The largest absolute Gasteiger partial charge is 0.493 e. The van der Waals surface area contributed by atoms with Crippen LogP contribution in [0.25, 0.3) is 0 Å². The molecular formula is C14H23NO3S. The van der Waals surface area contributed by atoms with Crippen LogP contribution in [0.1, 0.15) is 19.4 Å². The summed E-state index contributed by atoms with van der Waals surface area (Å²) in [5.74, 6) is 1.53. The molecule has 0 fully saturated rings. The van der Waals surface area contributed by atoms with E-state index in [0.29, 0.717) is 19.7 Å². The molecule has 0 bridgehead atoms. The highest BCUT2D eigenvalue weighted by molar-refractivity contribution is 7.84. The normalized spacial score (nSPS) is 13.9. The second-order valence-corrected chi connectivity index (χ2v) is 6.12. The Bertz CT molecular complexity index is 423. The summed E-state index contributed by atoms with van der Waals surface area (Å²) in [7, 11) is 0.843. The van der Waals surface area contributed by atoms with Crippen molar-refractivity contribution in [2.24, 2.45) is 0 Å². The van der Waals surface area contributed by atoms with E-state index >= 15 is 0 Å². The summed E-state index contributed by atoms with van der Waals surface area (Å²) in [6.07, 6.45) is 1.72. The van der Waals surface area contributed by atoms with Gasteiger partial charge in [0.2, 0.25) is 0 Å². The summed E-state index contributed by atoms with van der Waals surface area (Å²) in [4.78, 5) is 0. The summed E-state index contributed by atoms with van der Waals surface area (Å²) in [6.45, 7) is 5.91. The van der Waals surface area contributed by atoms with Crippen LogP contribution in [0.15, 0.2) is 18.2 Å². The number of benzene rings is 1. The van der Waals surface area contributed by atoms with Crippen LogP contribution in [0.4, 0.5) is 0 Å². The zero-order valence-electron chi connectivity index (χ0n) is 12.1. The number of hydrogen-bond acceptors (Lipinski definition) is 4. The Labute approximate surface area is 118 Å². The van der Waals surface area contributed by atoms with Crippen molar-refractivity contribution < 1.29 is 13.7 Å². The van der Waals surface area contributed by atoms with E-state index in [1.54, 1.807) is 13.4 Å². The topological polar surface area (TPSA) is 47.6 Å². The van der Waals surface area contributed by atoms with E-state index in [0.717, 1.165) is 17.1 Å². The van der Waals surface area contributed by atoms with Crippen LogP contribution in [0.2, 0.25) is 0 Å². The summed E-state index contributed by atoms with van der Waals surface area (Å²) in [5.41, 5.74) is 1.04. The Balaban J connectivity index is 2.67. The molecule has 0 aliphatic carbocycles. The van der Waals surface area contributed by atoms with E-state index in [9.17, 15) is 4.21 Å². The second-order valence-electron chi connectivity index (χ2n) is 4.32. The molecule has 5 heteroatoms. The van der Waals surface area contributed by atoms with Gasteiger partial charge in [-0.05, 0) is 19.9 Å². The minimum absolute atomic E-state index is 0.140. The van der Waals surface area contributed by atoms with Crippen LogP contribution in [0, 0.1) is 0 Å². The molecule has 0 aliphatic rings. The maximum atomic E-state index is 11.3. The van der Waals surface area contributed by atoms with Crippen molar-refractivity contribution >= 4 is 10.8 Å². The standard InChI is InChI=1S/C14H23NO3S/c1-5-18-13-8-6-7-12(14(13)17-3)10-15-9-11(2)19(4)16/h6-8,11,15H,5,9-10H2,1-4H3. The molecule has 2 atom stereocenters. The van der Waals surface area contributed by atoms with E-state index in [2.05, 4.69) is 5.32 Å². The van der Waals surface area contributed by atoms with Crippen molar-refractivity contribution in [3.63, 3.8) is 0 Å². The van der Waals surface area contributed by atoms with Gasteiger partial charge in [0.25, 0.3) is 0 Å². The Kier molecular flexibility index (Phi) is 6.87. The van der Waals surface area contributed by atoms with E-state index in [1.807, 2.05) is 32.0 Å². The zero-order chi connectivity index (χ0) is 14.3. The van der Waals surface area contributed by atoms with Gasteiger partial charge in [-0.1, -0.05) is 12.1 Å². The molecule has 1 aromatic rings. The van der Waals surface area contributed by atoms with Crippen molar-refractivity contribution in [3.8, 4) is 11.5 Å². The molecule has 4 nitrogen and oxygen atoms in total. The molecule has 108 valence electrons. The first-order chi connectivity index (χ1) is 9.10. The maximum Gasteiger partial charge on any atom is 0.165 e. The van der Waals surface area contributed by atoms with Gasteiger partial charge in [-0.15, -0.1) is 0 Å². The second kappa shape index (κ2) is 8.17. The van der Waals surface area contributed by atoms with Crippen molar-refractivity contribution in [1.29, 1.82) is 0 Å². The monoisotopic (exact) mass is 285 g/mol. The SMILES string of the molecule is CCOc1cccc(CNCC(C)S(C)=O)c1OC. The number of para-hydroxylation sites is 1. The highest BCUT2D eigenvalue weighted by atomic mass is 32.2. The lowest BCUT2D eigenvalue weighted by Gasteiger charge is -2.15. The molecule has 0 amide bonds. The van der Waals surface area contributed by atoms with Crippen molar-refractivity contribution in [1.82, 2.24) is 5.32 Å². The molecule has 0 saturated carbocycles. The van der Waals surface area contributed by atoms with Gasteiger partial charge in [0.15, 0.2) is 11.5 Å². The fourth-order valence-electron chi connectivity index (χ4n) is 1.73. The molecule has 0 radical (unpaired) electrons. The van der Waals surface area contributed by atoms with Crippen LogP contribution in [-0.4, -0.2) is 36.0 Å². The molecule has 1 N–H and O–H groups in total. The fourth-order valence-corrected chi connectivity index (χ4v) is 2.08. The lowest BCUT2D eigenvalue weighted by Crippen LogP contribution is -2.27. The van der Waals surface area contributed by atoms with Crippen LogP contribution >= 0.6 is 0 Å². The van der Waals surface area contributed by atoms with Gasteiger partial charge < -0.3 is 14.8 Å². The number of rotatable bonds is 8. The molecular weight excluding hydrogens is 262 g/mol. The van der Waals surface area contributed by atoms with E-state index in [1.165, 1.54) is 0 Å². The first kappa shape index (κ1) is 16.0. The van der Waals surface area contributed by atoms with Crippen LogP contribution in [0.3, 0.4) is 0 Å². The van der Waals surface area contributed by atoms with Gasteiger partial charge in [-0.2, -0.15) is 0 Å². The average Bonchev–Trinajstić information content (AvgIpc) is 2.39. The number of nitrogens with one attached hydrogen (secondary N) is 1. The van der Waals surface area contributed by atoms with Gasteiger partial charge >= 0.3 is 0 Å².